The zero-order valence-electron chi connectivity index (χ0n) is 12.6. The van der Waals surface area contributed by atoms with Gasteiger partial charge < -0.3 is 20.7 Å². The van der Waals surface area contributed by atoms with Gasteiger partial charge in [0.15, 0.2) is 0 Å². The quantitative estimate of drug-likeness (QED) is 0.754. The minimum absolute atomic E-state index is 0.00177. The van der Waals surface area contributed by atoms with Crippen LogP contribution in [-0.2, 0) is 4.74 Å². The number of hydrogen-bond donors (Lipinski definition) is 2. The zero-order chi connectivity index (χ0) is 15.0. The lowest BCUT2D eigenvalue weighted by Gasteiger charge is -2.21. The predicted octanol–water partition coefficient (Wildman–Crippen LogP) is 2.60. The number of ether oxygens (including phenoxy) is 1. The van der Waals surface area contributed by atoms with Gasteiger partial charge in [-0.3, -0.25) is 0 Å². The molecule has 0 aliphatic carbocycles. The largest absolute Gasteiger partial charge is 0.380 e. The Labute approximate surface area is 121 Å². The molecule has 0 saturated carbocycles. The average molecular weight is 279 g/mol. The molecule has 1 unspecified atom stereocenters. The Bertz CT molecular complexity index is 404. The molecule has 1 aromatic rings. The minimum atomic E-state index is -0.110. The van der Waals surface area contributed by atoms with E-state index < -0.39 is 0 Å². The number of benzene rings is 1. The molecule has 0 spiro atoms. The SMILES string of the molecule is CCOCCN(CC)C(=O)Nc1ccc(C(C)N)cc1. The van der Waals surface area contributed by atoms with Gasteiger partial charge in [-0.2, -0.15) is 0 Å². The van der Waals surface area contributed by atoms with E-state index in [-0.39, 0.29) is 12.1 Å². The lowest BCUT2D eigenvalue weighted by Crippen LogP contribution is -2.37. The molecule has 0 heterocycles. The van der Waals surface area contributed by atoms with Crippen LogP contribution in [0.5, 0.6) is 0 Å². The highest BCUT2D eigenvalue weighted by Gasteiger charge is 2.11. The lowest BCUT2D eigenvalue weighted by atomic mass is 10.1. The summed E-state index contributed by atoms with van der Waals surface area (Å²) in [5.41, 5.74) is 7.61. The lowest BCUT2D eigenvalue weighted by molar-refractivity contribution is 0.123. The number of carbonyl (C=O) groups is 1. The van der Waals surface area contributed by atoms with Crippen molar-refractivity contribution < 1.29 is 9.53 Å². The number of likely N-dealkylation sites (N-methyl/N-ethyl adjacent to an activating group) is 1. The van der Waals surface area contributed by atoms with Crippen molar-refractivity contribution in [2.75, 3.05) is 31.6 Å². The normalized spacial score (nSPS) is 12.0. The molecule has 0 aliphatic heterocycles. The van der Waals surface area contributed by atoms with Crippen LogP contribution in [0, 0.1) is 0 Å². The Hall–Kier alpha value is -1.59. The number of amides is 2. The fourth-order valence-electron chi connectivity index (χ4n) is 1.79. The number of urea groups is 1. The van der Waals surface area contributed by atoms with Gasteiger partial charge in [0, 0.05) is 31.4 Å². The predicted molar refractivity (Wildman–Crippen MR) is 81.8 cm³/mol. The summed E-state index contributed by atoms with van der Waals surface area (Å²) >= 11 is 0. The fourth-order valence-corrected chi connectivity index (χ4v) is 1.79. The number of anilines is 1. The van der Waals surface area contributed by atoms with Crippen molar-refractivity contribution in [1.29, 1.82) is 0 Å². The van der Waals surface area contributed by atoms with E-state index in [0.717, 1.165) is 11.3 Å². The van der Waals surface area contributed by atoms with E-state index in [4.69, 9.17) is 10.5 Å². The number of hydrogen-bond acceptors (Lipinski definition) is 3. The van der Waals surface area contributed by atoms with Crippen molar-refractivity contribution in [3.8, 4) is 0 Å². The third-order valence-corrected chi connectivity index (χ3v) is 3.07. The van der Waals surface area contributed by atoms with Crippen LogP contribution in [0.3, 0.4) is 0 Å². The molecule has 5 heteroatoms. The Morgan fingerprint density at radius 2 is 2.00 bits per heavy atom. The standard InChI is InChI=1S/C15H25N3O2/c1-4-18(10-11-20-5-2)15(19)17-14-8-6-13(7-9-14)12(3)16/h6-9,12H,4-5,10-11,16H2,1-3H3,(H,17,19). The summed E-state index contributed by atoms with van der Waals surface area (Å²) in [4.78, 5) is 13.8. The molecule has 1 atom stereocenters. The van der Waals surface area contributed by atoms with Crippen molar-refractivity contribution in [2.45, 2.75) is 26.8 Å². The van der Waals surface area contributed by atoms with Gasteiger partial charge in [-0.1, -0.05) is 12.1 Å². The molecular formula is C15H25N3O2. The van der Waals surface area contributed by atoms with E-state index in [1.165, 1.54) is 0 Å². The van der Waals surface area contributed by atoms with Crippen molar-refractivity contribution >= 4 is 11.7 Å². The van der Waals surface area contributed by atoms with Gasteiger partial charge >= 0.3 is 6.03 Å². The van der Waals surface area contributed by atoms with Crippen LogP contribution in [0.1, 0.15) is 32.4 Å². The summed E-state index contributed by atoms with van der Waals surface area (Å²) in [6.45, 7) is 8.28. The van der Waals surface area contributed by atoms with Gasteiger partial charge in [-0.15, -0.1) is 0 Å². The van der Waals surface area contributed by atoms with Crippen LogP contribution in [-0.4, -0.2) is 37.2 Å². The van der Waals surface area contributed by atoms with E-state index in [9.17, 15) is 4.79 Å². The first-order valence-corrected chi connectivity index (χ1v) is 7.07. The fraction of sp³-hybridized carbons (Fsp3) is 0.533. The summed E-state index contributed by atoms with van der Waals surface area (Å²) in [5, 5.41) is 2.88. The average Bonchev–Trinajstić information content (AvgIpc) is 2.44. The first kappa shape index (κ1) is 16.5. The summed E-state index contributed by atoms with van der Waals surface area (Å²) in [6, 6.07) is 7.48. The van der Waals surface area contributed by atoms with Crippen LogP contribution in [0.25, 0.3) is 0 Å². The Balaban J connectivity index is 2.54. The van der Waals surface area contributed by atoms with Gasteiger partial charge in [0.25, 0.3) is 0 Å². The molecule has 20 heavy (non-hydrogen) atoms. The first-order valence-electron chi connectivity index (χ1n) is 7.07. The maximum Gasteiger partial charge on any atom is 0.321 e. The second-order valence-corrected chi connectivity index (χ2v) is 4.62. The monoisotopic (exact) mass is 279 g/mol. The second-order valence-electron chi connectivity index (χ2n) is 4.62. The zero-order valence-corrected chi connectivity index (χ0v) is 12.6. The molecule has 3 N–H and O–H groups in total. The van der Waals surface area contributed by atoms with E-state index in [1.807, 2.05) is 45.0 Å². The number of carbonyl (C=O) groups excluding carboxylic acids is 1. The van der Waals surface area contributed by atoms with Gasteiger partial charge in [0.1, 0.15) is 0 Å². The second kappa shape index (κ2) is 8.55. The highest BCUT2D eigenvalue weighted by Crippen LogP contribution is 2.14. The highest BCUT2D eigenvalue weighted by molar-refractivity contribution is 5.89. The molecule has 0 saturated heterocycles. The van der Waals surface area contributed by atoms with Crippen molar-refractivity contribution in [1.82, 2.24) is 4.90 Å². The first-order chi connectivity index (χ1) is 9.58. The van der Waals surface area contributed by atoms with E-state index >= 15 is 0 Å². The minimum Gasteiger partial charge on any atom is -0.380 e. The molecule has 0 aliphatic rings. The number of nitrogens with zero attached hydrogens (tertiary/aromatic N) is 1. The number of nitrogens with one attached hydrogen (secondary N) is 1. The third-order valence-electron chi connectivity index (χ3n) is 3.07. The molecule has 0 aromatic heterocycles. The van der Waals surface area contributed by atoms with E-state index in [2.05, 4.69) is 5.32 Å². The Morgan fingerprint density at radius 1 is 1.35 bits per heavy atom. The molecule has 2 amide bonds. The maximum atomic E-state index is 12.1. The summed E-state index contributed by atoms with van der Waals surface area (Å²) in [7, 11) is 0. The Morgan fingerprint density at radius 3 is 2.50 bits per heavy atom. The van der Waals surface area contributed by atoms with Crippen molar-refractivity contribution in [3.63, 3.8) is 0 Å². The molecule has 0 radical (unpaired) electrons. The third kappa shape index (κ3) is 5.19. The summed E-state index contributed by atoms with van der Waals surface area (Å²) in [6.07, 6.45) is 0. The summed E-state index contributed by atoms with van der Waals surface area (Å²) < 4.78 is 5.27. The molecule has 0 bridgehead atoms. The molecule has 112 valence electrons. The van der Waals surface area contributed by atoms with Gasteiger partial charge in [0.2, 0.25) is 0 Å². The number of rotatable bonds is 7. The van der Waals surface area contributed by atoms with Gasteiger partial charge in [-0.05, 0) is 38.5 Å². The summed E-state index contributed by atoms with van der Waals surface area (Å²) in [5.74, 6) is 0. The molecular weight excluding hydrogens is 254 g/mol. The molecule has 5 nitrogen and oxygen atoms in total. The molecule has 0 fully saturated rings. The van der Waals surface area contributed by atoms with Crippen LogP contribution in [0.2, 0.25) is 0 Å². The van der Waals surface area contributed by atoms with Gasteiger partial charge in [0.05, 0.1) is 6.61 Å². The van der Waals surface area contributed by atoms with E-state index in [1.54, 1.807) is 4.90 Å². The Kier molecular flexibility index (Phi) is 7.04. The van der Waals surface area contributed by atoms with Crippen LogP contribution >= 0.6 is 0 Å². The molecule has 1 rings (SSSR count). The van der Waals surface area contributed by atoms with Crippen molar-refractivity contribution in [2.24, 2.45) is 5.73 Å². The van der Waals surface area contributed by atoms with Crippen LogP contribution in [0.15, 0.2) is 24.3 Å². The number of nitrogens with two attached hydrogens (primary N) is 1. The van der Waals surface area contributed by atoms with E-state index in [0.29, 0.717) is 26.3 Å². The maximum absolute atomic E-state index is 12.1. The van der Waals surface area contributed by atoms with Gasteiger partial charge in [-0.25, -0.2) is 4.79 Å². The topological polar surface area (TPSA) is 67.6 Å². The molecule has 1 aromatic carbocycles. The van der Waals surface area contributed by atoms with Crippen LogP contribution < -0.4 is 11.1 Å². The highest BCUT2D eigenvalue weighted by atomic mass is 16.5. The van der Waals surface area contributed by atoms with Crippen molar-refractivity contribution in [3.05, 3.63) is 29.8 Å². The van der Waals surface area contributed by atoms with Crippen LogP contribution in [0.4, 0.5) is 10.5 Å². The smallest absolute Gasteiger partial charge is 0.321 e.